The number of benzene rings is 5. The van der Waals surface area contributed by atoms with E-state index in [0.717, 1.165) is 32.9 Å². The number of hydrogen-bond acceptors (Lipinski definition) is 2. The average Bonchev–Trinajstić information content (AvgIpc) is 2.84. The molecule has 2 amide bonds. The van der Waals surface area contributed by atoms with E-state index in [-0.39, 0.29) is 11.8 Å². The molecule has 0 saturated heterocycles. The van der Waals surface area contributed by atoms with Crippen molar-refractivity contribution in [3.8, 4) is 0 Å². The van der Waals surface area contributed by atoms with E-state index in [1.54, 1.807) is 24.3 Å². The van der Waals surface area contributed by atoms with Gasteiger partial charge in [-0.2, -0.15) is 0 Å². The molecular formula is C28H20N2O2. The summed E-state index contributed by atoms with van der Waals surface area (Å²) in [6, 6.07) is 34.0. The van der Waals surface area contributed by atoms with E-state index < -0.39 is 0 Å². The van der Waals surface area contributed by atoms with Crippen LogP contribution in [0.3, 0.4) is 0 Å². The summed E-state index contributed by atoms with van der Waals surface area (Å²) >= 11 is 0. The Morgan fingerprint density at radius 2 is 0.906 bits per heavy atom. The number of fused-ring (bicyclic) bond motifs is 2. The number of rotatable bonds is 4. The first-order chi connectivity index (χ1) is 15.7. The highest BCUT2D eigenvalue weighted by atomic mass is 16.2. The van der Waals surface area contributed by atoms with Crippen LogP contribution >= 0.6 is 0 Å². The third kappa shape index (κ3) is 3.82. The minimum atomic E-state index is -0.163. The van der Waals surface area contributed by atoms with E-state index in [0.29, 0.717) is 11.1 Å². The van der Waals surface area contributed by atoms with Gasteiger partial charge in [0, 0.05) is 33.3 Å². The fourth-order valence-electron chi connectivity index (χ4n) is 3.84. The predicted octanol–water partition coefficient (Wildman–Crippen LogP) is 6.50. The van der Waals surface area contributed by atoms with Gasteiger partial charge < -0.3 is 10.6 Å². The van der Waals surface area contributed by atoms with Gasteiger partial charge in [0.1, 0.15) is 0 Å². The van der Waals surface area contributed by atoms with Crippen LogP contribution in [0.2, 0.25) is 0 Å². The lowest BCUT2D eigenvalue weighted by atomic mass is 10.0. The summed E-state index contributed by atoms with van der Waals surface area (Å²) < 4.78 is 0. The number of hydrogen-bond donors (Lipinski definition) is 2. The van der Waals surface area contributed by atoms with Gasteiger partial charge in [-0.15, -0.1) is 0 Å². The Labute approximate surface area is 185 Å². The zero-order valence-corrected chi connectivity index (χ0v) is 17.2. The fourth-order valence-corrected chi connectivity index (χ4v) is 3.84. The molecule has 0 fully saturated rings. The molecule has 0 atom stereocenters. The van der Waals surface area contributed by atoms with Gasteiger partial charge in [-0.25, -0.2) is 0 Å². The zero-order valence-electron chi connectivity index (χ0n) is 17.2. The van der Waals surface area contributed by atoms with E-state index in [9.17, 15) is 9.59 Å². The third-order valence-electron chi connectivity index (χ3n) is 5.45. The first-order valence-electron chi connectivity index (χ1n) is 10.4. The van der Waals surface area contributed by atoms with Gasteiger partial charge in [0.15, 0.2) is 0 Å². The second-order valence-electron chi connectivity index (χ2n) is 7.55. The molecule has 0 saturated carbocycles. The molecule has 0 aromatic heterocycles. The molecule has 5 rings (SSSR count). The van der Waals surface area contributed by atoms with Gasteiger partial charge in [0.25, 0.3) is 11.8 Å². The molecule has 0 spiro atoms. The van der Waals surface area contributed by atoms with Crippen molar-refractivity contribution >= 4 is 44.7 Å². The monoisotopic (exact) mass is 416 g/mol. The molecule has 0 aliphatic rings. The van der Waals surface area contributed by atoms with Crippen LogP contribution < -0.4 is 10.6 Å². The van der Waals surface area contributed by atoms with Crippen molar-refractivity contribution in [2.24, 2.45) is 0 Å². The van der Waals surface area contributed by atoms with Crippen molar-refractivity contribution in [3.63, 3.8) is 0 Å². The second kappa shape index (κ2) is 8.36. The Hall–Kier alpha value is -4.44. The average molecular weight is 416 g/mol. The van der Waals surface area contributed by atoms with Crippen molar-refractivity contribution in [2.45, 2.75) is 0 Å². The highest BCUT2D eigenvalue weighted by Gasteiger charge is 2.12. The molecule has 4 heteroatoms. The fraction of sp³-hybridized carbons (Fsp3) is 0. The van der Waals surface area contributed by atoms with Crippen molar-refractivity contribution in [1.82, 2.24) is 0 Å². The third-order valence-corrected chi connectivity index (χ3v) is 5.45. The minimum Gasteiger partial charge on any atom is -0.321 e. The van der Waals surface area contributed by atoms with Crippen molar-refractivity contribution in [1.29, 1.82) is 0 Å². The van der Waals surface area contributed by atoms with E-state index in [1.807, 2.05) is 78.9 Å². The number of anilines is 2. The molecule has 32 heavy (non-hydrogen) atoms. The van der Waals surface area contributed by atoms with Gasteiger partial charge in [0.05, 0.1) is 0 Å². The summed E-state index contributed by atoms with van der Waals surface area (Å²) in [7, 11) is 0. The second-order valence-corrected chi connectivity index (χ2v) is 7.55. The van der Waals surface area contributed by atoms with Crippen LogP contribution in [0.4, 0.5) is 11.4 Å². The van der Waals surface area contributed by atoms with Crippen LogP contribution in [-0.4, -0.2) is 11.8 Å². The maximum atomic E-state index is 12.7. The van der Waals surface area contributed by atoms with Crippen LogP contribution in [0.5, 0.6) is 0 Å². The topological polar surface area (TPSA) is 58.2 Å². The van der Waals surface area contributed by atoms with Crippen molar-refractivity contribution < 1.29 is 9.59 Å². The highest BCUT2D eigenvalue weighted by Crippen LogP contribution is 2.32. The molecule has 0 radical (unpaired) electrons. The molecule has 5 aromatic rings. The highest BCUT2D eigenvalue weighted by molar-refractivity contribution is 6.15. The van der Waals surface area contributed by atoms with E-state index in [4.69, 9.17) is 0 Å². The Morgan fingerprint density at radius 3 is 1.34 bits per heavy atom. The summed E-state index contributed by atoms with van der Waals surface area (Å²) in [5, 5.41) is 9.89. The zero-order chi connectivity index (χ0) is 21.9. The molecule has 0 aliphatic carbocycles. The lowest BCUT2D eigenvalue weighted by Gasteiger charge is -2.13. The molecule has 2 N–H and O–H groups in total. The summed E-state index contributed by atoms with van der Waals surface area (Å²) in [4.78, 5) is 25.4. The SMILES string of the molecule is O=C(Nc1cccc2cc3cccc(NC(=O)c4ccccc4)c3cc12)c1ccccc1. The van der Waals surface area contributed by atoms with Crippen LogP contribution in [-0.2, 0) is 0 Å². The summed E-state index contributed by atoms with van der Waals surface area (Å²) in [6.45, 7) is 0. The molecule has 0 heterocycles. The Morgan fingerprint density at radius 1 is 0.469 bits per heavy atom. The Kier molecular flexibility index (Phi) is 5.10. The van der Waals surface area contributed by atoms with E-state index in [1.165, 1.54) is 0 Å². The van der Waals surface area contributed by atoms with Crippen LogP contribution in [0.25, 0.3) is 21.5 Å². The van der Waals surface area contributed by atoms with Gasteiger partial charge >= 0.3 is 0 Å². The van der Waals surface area contributed by atoms with Gasteiger partial charge in [0.2, 0.25) is 0 Å². The maximum Gasteiger partial charge on any atom is 0.255 e. The molecule has 154 valence electrons. The standard InChI is InChI=1S/C28H20N2O2/c31-27(19-9-3-1-4-10-19)29-25-15-7-13-21-17-22-14-8-16-26(24(22)18-23(21)25)30-28(32)20-11-5-2-6-12-20/h1-18H,(H,29,31)(H,30,32). The van der Waals surface area contributed by atoms with Crippen LogP contribution in [0.1, 0.15) is 20.7 Å². The van der Waals surface area contributed by atoms with Crippen LogP contribution in [0.15, 0.2) is 109 Å². The molecule has 4 nitrogen and oxygen atoms in total. The minimum absolute atomic E-state index is 0.163. The quantitative estimate of drug-likeness (QED) is 0.329. The summed E-state index contributed by atoms with van der Waals surface area (Å²) in [5.41, 5.74) is 2.65. The number of amides is 2. The Bertz CT molecular complexity index is 1340. The lowest BCUT2D eigenvalue weighted by Crippen LogP contribution is -2.12. The summed E-state index contributed by atoms with van der Waals surface area (Å²) in [5.74, 6) is -0.326. The Balaban J connectivity index is 1.55. The molecule has 0 aliphatic heterocycles. The van der Waals surface area contributed by atoms with E-state index in [2.05, 4.69) is 16.7 Å². The molecule has 0 bridgehead atoms. The maximum absolute atomic E-state index is 12.7. The number of nitrogens with one attached hydrogen (secondary N) is 2. The van der Waals surface area contributed by atoms with Gasteiger partial charge in [-0.3, -0.25) is 9.59 Å². The normalized spacial score (nSPS) is 10.8. The van der Waals surface area contributed by atoms with Gasteiger partial charge in [-0.05, 0) is 59.3 Å². The largest absolute Gasteiger partial charge is 0.321 e. The molecule has 5 aromatic carbocycles. The number of carbonyl (C=O) groups is 2. The first-order valence-corrected chi connectivity index (χ1v) is 10.4. The van der Waals surface area contributed by atoms with Crippen molar-refractivity contribution in [3.05, 3.63) is 120 Å². The molecule has 0 unspecified atom stereocenters. The first kappa shape index (κ1) is 19.5. The van der Waals surface area contributed by atoms with Gasteiger partial charge in [-0.1, -0.05) is 60.7 Å². The number of carbonyl (C=O) groups excluding carboxylic acids is 2. The van der Waals surface area contributed by atoms with Crippen molar-refractivity contribution in [2.75, 3.05) is 10.6 Å². The lowest BCUT2D eigenvalue weighted by molar-refractivity contribution is 0.101. The predicted molar refractivity (Wildman–Crippen MR) is 130 cm³/mol. The van der Waals surface area contributed by atoms with E-state index >= 15 is 0 Å². The summed E-state index contributed by atoms with van der Waals surface area (Å²) in [6.07, 6.45) is 0. The molecular weight excluding hydrogens is 396 g/mol. The van der Waals surface area contributed by atoms with Crippen LogP contribution in [0, 0.1) is 0 Å². The smallest absolute Gasteiger partial charge is 0.255 e.